The van der Waals surface area contributed by atoms with Crippen LogP contribution in [0.15, 0.2) is 29.3 Å². The van der Waals surface area contributed by atoms with Gasteiger partial charge >= 0.3 is 0 Å². The summed E-state index contributed by atoms with van der Waals surface area (Å²) in [6.07, 6.45) is 0. The van der Waals surface area contributed by atoms with Crippen molar-refractivity contribution in [2.75, 3.05) is 7.11 Å². The Hall–Kier alpha value is -1.16. The van der Waals surface area contributed by atoms with E-state index >= 15 is 0 Å². The SMILES string of the molecule is COc1cccc(C2SC(N)=N[C@@H]2C)c1. The lowest BCUT2D eigenvalue weighted by Gasteiger charge is -2.13. The van der Waals surface area contributed by atoms with Gasteiger partial charge in [-0.1, -0.05) is 23.9 Å². The molecule has 3 nitrogen and oxygen atoms in total. The number of amidine groups is 1. The molecule has 1 heterocycles. The van der Waals surface area contributed by atoms with E-state index in [-0.39, 0.29) is 6.04 Å². The van der Waals surface area contributed by atoms with Crippen LogP contribution in [-0.4, -0.2) is 18.3 Å². The highest BCUT2D eigenvalue weighted by molar-refractivity contribution is 8.14. The fourth-order valence-electron chi connectivity index (χ4n) is 1.69. The first-order chi connectivity index (χ1) is 7.20. The molecule has 2 rings (SSSR count). The Bertz CT molecular complexity index is 392. The number of benzene rings is 1. The lowest BCUT2D eigenvalue weighted by molar-refractivity contribution is 0.414. The normalized spacial score (nSPS) is 25.1. The van der Waals surface area contributed by atoms with Gasteiger partial charge in [-0.3, -0.25) is 4.99 Å². The molecule has 0 aliphatic carbocycles. The maximum atomic E-state index is 5.71. The minimum atomic E-state index is 0.238. The van der Waals surface area contributed by atoms with Gasteiger partial charge in [0.25, 0.3) is 0 Å². The summed E-state index contributed by atoms with van der Waals surface area (Å²) in [5, 5.41) is 0.996. The molecular formula is C11H14N2OS. The molecule has 0 radical (unpaired) electrons. The van der Waals surface area contributed by atoms with Gasteiger partial charge < -0.3 is 10.5 Å². The quantitative estimate of drug-likeness (QED) is 0.834. The van der Waals surface area contributed by atoms with E-state index < -0.39 is 0 Å². The molecule has 0 bridgehead atoms. The van der Waals surface area contributed by atoms with Crippen LogP contribution in [0.2, 0.25) is 0 Å². The molecule has 1 aliphatic heterocycles. The minimum absolute atomic E-state index is 0.238. The van der Waals surface area contributed by atoms with Crippen LogP contribution in [0.25, 0.3) is 0 Å². The summed E-state index contributed by atoms with van der Waals surface area (Å²) < 4.78 is 5.20. The number of nitrogens with two attached hydrogens (primary N) is 1. The number of nitrogens with zero attached hydrogens (tertiary/aromatic N) is 1. The average molecular weight is 222 g/mol. The molecule has 1 aliphatic rings. The number of methoxy groups -OCH3 is 1. The molecular weight excluding hydrogens is 208 g/mol. The van der Waals surface area contributed by atoms with Crippen molar-refractivity contribution in [3.05, 3.63) is 29.8 Å². The Kier molecular flexibility index (Phi) is 2.86. The van der Waals surface area contributed by atoms with Crippen molar-refractivity contribution in [1.29, 1.82) is 0 Å². The van der Waals surface area contributed by atoms with Crippen LogP contribution in [-0.2, 0) is 0 Å². The van der Waals surface area contributed by atoms with Gasteiger partial charge in [-0.15, -0.1) is 0 Å². The molecule has 0 spiro atoms. The molecule has 0 amide bonds. The predicted octanol–water partition coefficient (Wildman–Crippen LogP) is 2.19. The number of rotatable bonds is 2. The smallest absolute Gasteiger partial charge is 0.154 e. The van der Waals surface area contributed by atoms with Gasteiger partial charge in [0.15, 0.2) is 5.17 Å². The summed E-state index contributed by atoms with van der Waals surface area (Å²) in [5.41, 5.74) is 6.92. The molecule has 2 atom stereocenters. The van der Waals surface area contributed by atoms with Crippen LogP contribution in [0.1, 0.15) is 17.7 Å². The summed E-state index contributed by atoms with van der Waals surface area (Å²) in [6.45, 7) is 2.08. The van der Waals surface area contributed by atoms with Gasteiger partial charge in [0, 0.05) is 0 Å². The Morgan fingerprint density at radius 2 is 2.27 bits per heavy atom. The van der Waals surface area contributed by atoms with E-state index in [9.17, 15) is 0 Å². The highest BCUT2D eigenvalue weighted by atomic mass is 32.2. The van der Waals surface area contributed by atoms with E-state index in [1.807, 2.05) is 18.2 Å². The van der Waals surface area contributed by atoms with Crippen LogP contribution in [0.3, 0.4) is 0 Å². The van der Waals surface area contributed by atoms with Crippen molar-refractivity contribution < 1.29 is 4.74 Å². The van der Waals surface area contributed by atoms with Gasteiger partial charge in [-0.2, -0.15) is 0 Å². The minimum Gasteiger partial charge on any atom is -0.497 e. The Morgan fingerprint density at radius 1 is 1.47 bits per heavy atom. The Balaban J connectivity index is 2.23. The molecule has 2 N–H and O–H groups in total. The van der Waals surface area contributed by atoms with Gasteiger partial charge in [-0.05, 0) is 24.6 Å². The molecule has 0 saturated heterocycles. The van der Waals surface area contributed by atoms with E-state index in [1.54, 1.807) is 18.9 Å². The maximum Gasteiger partial charge on any atom is 0.154 e. The topological polar surface area (TPSA) is 47.6 Å². The molecule has 0 saturated carbocycles. The summed E-state index contributed by atoms with van der Waals surface area (Å²) >= 11 is 1.62. The molecule has 1 aromatic rings. The number of thioether (sulfide) groups is 1. The number of hydrogen-bond donors (Lipinski definition) is 1. The first kappa shape index (κ1) is 10.4. The van der Waals surface area contributed by atoms with Crippen molar-refractivity contribution in [3.63, 3.8) is 0 Å². The number of aliphatic imine (C=N–C) groups is 1. The van der Waals surface area contributed by atoms with Crippen LogP contribution >= 0.6 is 11.8 Å². The van der Waals surface area contributed by atoms with Crippen molar-refractivity contribution in [2.24, 2.45) is 10.7 Å². The van der Waals surface area contributed by atoms with E-state index in [1.165, 1.54) is 5.56 Å². The fourth-order valence-corrected chi connectivity index (χ4v) is 2.72. The second kappa shape index (κ2) is 4.14. The zero-order valence-electron chi connectivity index (χ0n) is 8.81. The zero-order valence-corrected chi connectivity index (χ0v) is 9.62. The summed E-state index contributed by atoms with van der Waals surface area (Å²) in [7, 11) is 1.68. The third-order valence-electron chi connectivity index (χ3n) is 2.44. The first-order valence-corrected chi connectivity index (χ1v) is 5.72. The Labute approximate surface area is 93.7 Å². The molecule has 4 heteroatoms. The predicted molar refractivity (Wildman–Crippen MR) is 64.4 cm³/mol. The van der Waals surface area contributed by atoms with Crippen molar-refractivity contribution in [2.45, 2.75) is 18.2 Å². The fraction of sp³-hybridized carbons (Fsp3) is 0.364. The lowest BCUT2D eigenvalue weighted by Crippen LogP contribution is -2.05. The molecule has 0 aromatic heterocycles. The highest BCUT2D eigenvalue weighted by Crippen LogP contribution is 2.39. The second-order valence-electron chi connectivity index (χ2n) is 3.52. The Morgan fingerprint density at radius 3 is 2.87 bits per heavy atom. The average Bonchev–Trinajstić information content (AvgIpc) is 2.58. The summed E-state index contributed by atoms with van der Waals surface area (Å²) in [6, 6.07) is 8.31. The number of hydrogen-bond acceptors (Lipinski definition) is 4. The lowest BCUT2D eigenvalue weighted by atomic mass is 10.1. The van der Waals surface area contributed by atoms with Crippen LogP contribution in [0, 0.1) is 0 Å². The highest BCUT2D eigenvalue weighted by Gasteiger charge is 2.26. The molecule has 80 valence electrons. The van der Waals surface area contributed by atoms with Crippen molar-refractivity contribution in [3.8, 4) is 5.75 Å². The molecule has 0 fully saturated rings. The van der Waals surface area contributed by atoms with E-state index in [4.69, 9.17) is 10.5 Å². The largest absolute Gasteiger partial charge is 0.497 e. The molecule has 15 heavy (non-hydrogen) atoms. The third-order valence-corrected chi connectivity index (χ3v) is 3.71. The van der Waals surface area contributed by atoms with Gasteiger partial charge in [0.1, 0.15) is 5.75 Å². The van der Waals surface area contributed by atoms with Crippen molar-refractivity contribution >= 4 is 16.9 Å². The van der Waals surface area contributed by atoms with Gasteiger partial charge in [-0.25, -0.2) is 0 Å². The number of ether oxygens (including phenoxy) is 1. The van der Waals surface area contributed by atoms with E-state index in [2.05, 4.69) is 18.0 Å². The van der Waals surface area contributed by atoms with Crippen LogP contribution in [0.5, 0.6) is 5.75 Å². The first-order valence-electron chi connectivity index (χ1n) is 4.84. The zero-order chi connectivity index (χ0) is 10.8. The van der Waals surface area contributed by atoms with Gasteiger partial charge in [0.05, 0.1) is 18.4 Å². The standard InChI is InChI=1S/C11H14N2OS/c1-7-10(15-11(12)13-7)8-4-3-5-9(6-8)14-2/h3-7,10H,1-2H3,(H2,12,13)/t7-,10?/m1/s1. The monoisotopic (exact) mass is 222 g/mol. The summed E-state index contributed by atoms with van der Waals surface area (Å²) in [5.74, 6) is 0.880. The van der Waals surface area contributed by atoms with Crippen LogP contribution in [0.4, 0.5) is 0 Å². The van der Waals surface area contributed by atoms with E-state index in [0.717, 1.165) is 5.75 Å². The molecule has 1 aromatic carbocycles. The second-order valence-corrected chi connectivity index (χ2v) is 4.68. The maximum absolute atomic E-state index is 5.71. The third kappa shape index (κ3) is 2.09. The van der Waals surface area contributed by atoms with Gasteiger partial charge in [0.2, 0.25) is 0 Å². The van der Waals surface area contributed by atoms with Crippen molar-refractivity contribution in [1.82, 2.24) is 0 Å². The summed E-state index contributed by atoms with van der Waals surface area (Å²) in [4.78, 5) is 4.32. The molecule has 1 unspecified atom stereocenters. The van der Waals surface area contributed by atoms with E-state index in [0.29, 0.717) is 10.4 Å². The van der Waals surface area contributed by atoms with Crippen LogP contribution < -0.4 is 10.5 Å².